The Morgan fingerprint density at radius 3 is 2.65 bits per heavy atom. The van der Waals surface area contributed by atoms with Crippen molar-refractivity contribution in [2.24, 2.45) is 5.92 Å². The summed E-state index contributed by atoms with van der Waals surface area (Å²) in [4.78, 5) is 26.2. The van der Waals surface area contributed by atoms with Crippen molar-refractivity contribution in [3.63, 3.8) is 0 Å². The maximum absolute atomic E-state index is 12.3. The van der Waals surface area contributed by atoms with Gasteiger partial charge in [0.05, 0.1) is 6.42 Å². The predicted octanol–water partition coefficient (Wildman–Crippen LogP) is 2.96. The fraction of sp³-hybridized carbons (Fsp3) is 0.600. The Morgan fingerprint density at radius 2 is 2.10 bits per heavy atom. The quantitative estimate of drug-likeness (QED) is 0.908. The first-order valence-electron chi connectivity index (χ1n) is 7.09. The molecule has 1 N–H and O–H groups in total. The zero-order valence-corrected chi connectivity index (χ0v) is 12.6. The summed E-state index contributed by atoms with van der Waals surface area (Å²) < 4.78 is 0. The molecule has 5 heteroatoms. The van der Waals surface area contributed by atoms with E-state index in [9.17, 15) is 9.59 Å². The van der Waals surface area contributed by atoms with E-state index in [0.717, 1.165) is 30.8 Å². The zero-order chi connectivity index (χ0) is 14.5. The standard InChI is InChI=1S/C15H21NO3S/c1-11-4-6-16(7-5-11)14(17)9-12(10-15(18)19)13-3-2-8-20-13/h2-3,8,11-12H,4-7,9-10H2,1H3,(H,18,19)/t12-/m0/s1. The van der Waals surface area contributed by atoms with Gasteiger partial charge in [0.15, 0.2) is 0 Å². The monoisotopic (exact) mass is 295 g/mol. The van der Waals surface area contributed by atoms with E-state index in [4.69, 9.17) is 5.11 Å². The molecule has 1 aliphatic heterocycles. The van der Waals surface area contributed by atoms with Crippen LogP contribution in [0.15, 0.2) is 17.5 Å². The number of thiophene rings is 1. The van der Waals surface area contributed by atoms with Crippen LogP contribution in [0.2, 0.25) is 0 Å². The van der Waals surface area contributed by atoms with Crippen LogP contribution < -0.4 is 0 Å². The van der Waals surface area contributed by atoms with Crippen LogP contribution in [0.25, 0.3) is 0 Å². The summed E-state index contributed by atoms with van der Waals surface area (Å²) in [5.41, 5.74) is 0. The largest absolute Gasteiger partial charge is 0.481 e. The average Bonchev–Trinajstić information content (AvgIpc) is 2.92. The van der Waals surface area contributed by atoms with Crippen molar-refractivity contribution >= 4 is 23.2 Å². The lowest BCUT2D eigenvalue weighted by molar-refractivity contribution is -0.138. The minimum Gasteiger partial charge on any atom is -0.481 e. The second kappa shape index (κ2) is 6.88. The summed E-state index contributed by atoms with van der Waals surface area (Å²) in [6, 6.07) is 3.83. The SMILES string of the molecule is CC1CCN(C(=O)C[C@@H](CC(=O)O)c2cccs2)CC1. The smallest absolute Gasteiger partial charge is 0.304 e. The van der Waals surface area contributed by atoms with Gasteiger partial charge in [-0.2, -0.15) is 0 Å². The number of nitrogens with zero attached hydrogens (tertiary/aromatic N) is 1. The van der Waals surface area contributed by atoms with E-state index in [2.05, 4.69) is 6.92 Å². The molecule has 1 aliphatic rings. The van der Waals surface area contributed by atoms with E-state index in [-0.39, 0.29) is 18.2 Å². The van der Waals surface area contributed by atoms with Gasteiger partial charge < -0.3 is 10.0 Å². The molecule has 1 aromatic rings. The van der Waals surface area contributed by atoms with E-state index < -0.39 is 5.97 Å². The molecule has 0 unspecified atom stereocenters. The van der Waals surface area contributed by atoms with Crippen LogP contribution in [0.3, 0.4) is 0 Å². The number of piperidine rings is 1. The number of hydrogen-bond acceptors (Lipinski definition) is 3. The summed E-state index contributed by atoms with van der Waals surface area (Å²) in [5, 5.41) is 10.9. The fourth-order valence-corrected chi connectivity index (χ4v) is 3.44. The topological polar surface area (TPSA) is 57.6 Å². The number of carbonyl (C=O) groups is 2. The molecule has 20 heavy (non-hydrogen) atoms. The molecule has 1 fully saturated rings. The van der Waals surface area contributed by atoms with Crippen molar-refractivity contribution in [2.75, 3.05) is 13.1 Å². The summed E-state index contributed by atoms with van der Waals surface area (Å²) in [5.74, 6) is -0.259. The average molecular weight is 295 g/mol. The lowest BCUT2D eigenvalue weighted by Crippen LogP contribution is -2.38. The highest BCUT2D eigenvalue weighted by Crippen LogP contribution is 2.29. The Labute approximate surface area is 123 Å². The van der Waals surface area contributed by atoms with Gasteiger partial charge in [-0.15, -0.1) is 11.3 Å². The fourth-order valence-electron chi connectivity index (χ4n) is 2.61. The number of likely N-dealkylation sites (tertiary alicyclic amines) is 1. The minimum absolute atomic E-state index is 0.0243. The van der Waals surface area contributed by atoms with Gasteiger partial charge in [-0.3, -0.25) is 9.59 Å². The molecule has 0 radical (unpaired) electrons. The highest BCUT2D eigenvalue weighted by atomic mass is 32.1. The van der Waals surface area contributed by atoms with Gasteiger partial charge in [0.1, 0.15) is 0 Å². The summed E-state index contributed by atoms with van der Waals surface area (Å²) in [6.45, 7) is 3.83. The highest BCUT2D eigenvalue weighted by molar-refractivity contribution is 7.10. The maximum Gasteiger partial charge on any atom is 0.304 e. The van der Waals surface area contributed by atoms with E-state index >= 15 is 0 Å². The second-order valence-electron chi connectivity index (χ2n) is 5.58. The lowest BCUT2D eigenvalue weighted by Gasteiger charge is -2.31. The molecule has 0 spiro atoms. The van der Waals surface area contributed by atoms with Crippen molar-refractivity contribution in [2.45, 2.75) is 38.5 Å². The number of hydrogen-bond donors (Lipinski definition) is 1. The first-order valence-corrected chi connectivity index (χ1v) is 7.97. The highest BCUT2D eigenvalue weighted by Gasteiger charge is 2.25. The first-order chi connectivity index (χ1) is 9.56. The molecule has 110 valence electrons. The van der Waals surface area contributed by atoms with Crippen LogP contribution >= 0.6 is 11.3 Å². The third-order valence-electron chi connectivity index (χ3n) is 3.92. The Hall–Kier alpha value is -1.36. The van der Waals surface area contributed by atoms with Crippen LogP contribution in [-0.2, 0) is 9.59 Å². The van der Waals surface area contributed by atoms with Crippen molar-refractivity contribution in [3.8, 4) is 0 Å². The molecular formula is C15H21NO3S. The minimum atomic E-state index is -0.844. The molecule has 0 bridgehead atoms. The Balaban J connectivity index is 1.97. The third-order valence-corrected chi connectivity index (χ3v) is 4.96. The van der Waals surface area contributed by atoms with Gasteiger partial charge in [0, 0.05) is 30.3 Å². The molecule has 4 nitrogen and oxygen atoms in total. The van der Waals surface area contributed by atoms with Gasteiger partial charge in [0.25, 0.3) is 0 Å². The van der Waals surface area contributed by atoms with Gasteiger partial charge in [0.2, 0.25) is 5.91 Å². The molecule has 1 atom stereocenters. The zero-order valence-electron chi connectivity index (χ0n) is 11.7. The van der Waals surface area contributed by atoms with Gasteiger partial charge in [-0.05, 0) is 30.2 Å². The van der Waals surface area contributed by atoms with Crippen LogP contribution in [-0.4, -0.2) is 35.0 Å². The van der Waals surface area contributed by atoms with E-state index in [1.54, 1.807) is 0 Å². The predicted molar refractivity (Wildman–Crippen MR) is 78.9 cm³/mol. The first kappa shape index (κ1) is 15.0. The third kappa shape index (κ3) is 4.07. The van der Waals surface area contributed by atoms with Crippen molar-refractivity contribution in [1.29, 1.82) is 0 Å². The van der Waals surface area contributed by atoms with E-state index in [1.807, 2.05) is 22.4 Å². The molecule has 0 saturated carbocycles. The molecule has 1 aromatic heterocycles. The van der Waals surface area contributed by atoms with Gasteiger partial charge in [-0.1, -0.05) is 13.0 Å². The number of rotatable bonds is 5. The Bertz CT molecular complexity index is 450. The Kier molecular flexibility index (Phi) is 5.17. The van der Waals surface area contributed by atoms with Crippen LogP contribution in [0, 0.1) is 5.92 Å². The number of carboxylic acids is 1. The van der Waals surface area contributed by atoms with Crippen LogP contribution in [0.1, 0.15) is 43.4 Å². The summed E-state index contributed by atoms with van der Waals surface area (Å²) in [7, 11) is 0. The van der Waals surface area contributed by atoms with E-state index in [1.165, 1.54) is 11.3 Å². The normalized spacial score (nSPS) is 17.9. The Morgan fingerprint density at radius 1 is 1.40 bits per heavy atom. The molecule has 0 aromatic carbocycles. The number of aliphatic carboxylic acids is 1. The molecule has 0 aliphatic carbocycles. The van der Waals surface area contributed by atoms with Crippen LogP contribution in [0.5, 0.6) is 0 Å². The van der Waals surface area contributed by atoms with Gasteiger partial charge >= 0.3 is 5.97 Å². The van der Waals surface area contributed by atoms with Crippen molar-refractivity contribution in [3.05, 3.63) is 22.4 Å². The number of carboxylic acid groups (broad SMARTS) is 1. The maximum atomic E-state index is 12.3. The molecule has 1 amide bonds. The number of carbonyl (C=O) groups excluding carboxylic acids is 1. The summed E-state index contributed by atoms with van der Waals surface area (Å²) in [6.07, 6.45) is 2.43. The van der Waals surface area contributed by atoms with Crippen LogP contribution in [0.4, 0.5) is 0 Å². The van der Waals surface area contributed by atoms with Crippen molar-refractivity contribution < 1.29 is 14.7 Å². The summed E-state index contributed by atoms with van der Waals surface area (Å²) >= 11 is 1.53. The lowest BCUT2D eigenvalue weighted by atomic mass is 9.96. The van der Waals surface area contributed by atoms with Gasteiger partial charge in [-0.25, -0.2) is 0 Å². The second-order valence-corrected chi connectivity index (χ2v) is 6.56. The van der Waals surface area contributed by atoms with Crippen molar-refractivity contribution in [1.82, 2.24) is 4.90 Å². The molecule has 2 rings (SSSR count). The van der Waals surface area contributed by atoms with E-state index in [0.29, 0.717) is 12.3 Å². The number of amides is 1. The molecule has 2 heterocycles. The molecule has 1 saturated heterocycles. The molecular weight excluding hydrogens is 274 g/mol.